The molecule has 0 unspecified atom stereocenters. The van der Waals surface area contributed by atoms with Crippen molar-refractivity contribution in [2.75, 3.05) is 18.5 Å². The van der Waals surface area contributed by atoms with Crippen molar-refractivity contribution >= 4 is 40.6 Å². The van der Waals surface area contributed by atoms with Crippen molar-refractivity contribution in [2.45, 2.75) is 20.4 Å². The van der Waals surface area contributed by atoms with E-state index in [0.29, 0.717) is 29.4 Å². The summed E-state index contributed by atoms with van der Waals surface area (Å²) >= 11 is 0.792. The molecule has 1 heterocycles. The van der Waals surface area contributed by atoms with E-state index < -0.39 is 17.0 Å². The minimum absolute atomic E-state index is 0.143. The van der Waals surface area contributed by atoms with Gasteiger partial charge in [-0.2, -0.15) is 0 Å². The average molecular weight is 521 g/mol. The lowest BCUT2D eigenvalue weighted by Crippen LogP contribution is -2.27. The third-order valence-electron chi connectivity index (χ3n) is 5.50. The molecule has 1 saturated heterocycles. The summed E-state index contributed by atoms with van der Waals surface area (Å²) in [5, 5.41) is 2.34. The molecule has 3 aromatic rings. The van der Waals surface area contributed by atoms with Crippen molar-refractivity contribution in [1.29, 1.82) is 0 Å². The molecule has 37 heavy (non-hydrogen) atoms. The first-order valence-electron chi connectivity index (χ1n) is 11.6. The Morgan fingerprint density at radius 2 is 1.78 bits per heavy atom. The fraction of sp³-hybridized carbons (Fsp3) is 0.179. The first-order chi connectivity index (χ1) is 17.9. The summed E-state index contributed by atoms with van der Waals surface area (Å²) in [7, 11) is 0. The Kier molecular flexibility index (Phi) is 8.25. The average Bonchev–Trinajstić information content (AvgIpc) is 3.13. The van der Waals surface area contributed by atoms with E-state index in [9.17, 15) is 18.8 Å². The number of imide groups is 1. The number of nitrogens with one attached hydrogen (secondary N) is 1. The van der Waals surface area contributed by atoms with Crippen LogP contribution in [0.4, 0.5) is 14.9 Å². The first-order valence-corrected chi connectivity index (χ1v) is 12.4. The number of halogens is 1. The summed E-state index contributed by atoms with van der Waals surface area (Å²) in [6, 6.07) is 18.5. The predicted molar refractivity (Wildman–Crippen MR) is 141 cm³/mol. The topological polar surface area (TPSA) is 84.9 Å². The lowest BCUT2D eigenvalue weighted by molar-refractivity contribution is -0.123. The molecule has 4 rings (SSSR count). The van der Waals surface area contributed by atoms with E-state index in [1.54, 1.807) is 36.4 Å². The molecule has 0 aromatic heterocycles. The summed E-state index contributed by atoms with van der Waals surface area (Å²) < 4.78 is 25.4. The molecular formula is C28H25FN2O5S. The van der Waals surface area contributed by atoms with Gasteiger partial charge in [-0.05, 0) is 67.1 Å². The van der Waals surface area contributed by atoms with Gasteiger partial charge in [0.2, 0.25) is 0 Å². The van der Waals surface area contributed by atoms with Gasteiger partial charge in [0, 0.05) is 11.3 Å². The number of thioether (sulfide) groups is 1. The van der Waals surface area contributed by atoms with Crippen LogP contribution >= 0.6 is 11.8 Å². The zero-order chi connectivity index (χ0) is 26.4. The van der Waals surface area contributed by atoms with Crippen LogP contribution in [0.3, 0.4) is 0 Å². The van der Waals surface area contributed by atoms with Gasteiger partial charge in [0.15, 0.2) is 18.1 Å². The van der Waals surface area contributed by atoms with Crippen LogP contribution in [0.25, 0.3) is 6.08 Å². The van der Waals surface area contributed by atoms with Gasteiger partial charge in [0.1, 0.15) is 5.82 Å². The SMILES string of the molecule is CCOc1cc(/C=C2\SC(=O)N(Cc3ccccc3F)C2=O)ccc1OCC(=O)Nc1ccccc1C. The van der Waals surface area contributed by atoms with Gasteiger partial charge in [-0.1, -0.05) is 42.5 Å². The van der Waals surface area contributed by atoms with E-state index in [0.717, 1.165) is 22.2 Å². The van der Waals surface area contributed by atoms with Crippen LogP contribution in [0, 0.1) is 12.7 Å². The van der Waals surface area contributed by atoms with Gasteiger partial charge in [0.25, 0.3) is 17.1 Å². The normalized spacial score (nSPS) is 14.2. The van der Waals surface area contributed by atoms with Crippen molar-refractivity contribution < 1.29 is 28.2 Å². The number of carbonyl (C=O) groups excluding carboxylic acids is 3. The maximum atomic E-state index is 14.0. The van der Waals surface area contributed by atoms with Crippen LogP contribution in [0.5, 0.6) is 11.5 Å². The number of benzene rings is 3. The Labute approximate surface area is 218 Å². The minimum Gasteiger partial charge on any atom is -0.490 e. The number of para-hydroxylation sites is 1. The highest BCUT2D eigenvalue weighted by Gasteiger charge is 2.35. The molecule has 1 aliphatic rings. The van der Waals surface area contributed by atoms with Crippen molar-refractivity contribution in [2.24, 2.45) is 0 Å². The molecule has 0 spiro atoms. The van der Waals surface area contributed by atoms with Gasteiger partial charge < -0.3 is 14.8 Å². The number of aryl methyl sites for hydroxylation is 1. The number of anilines is 1. The molecule has 0 atom stereocenters. The van der Waals surface area contributed by atoms with E-state index in [1.807, 2.05) is 38.1 Å². The highest BCUT2D eigenvalue weighted by atomic mass is 32.2. The second-order valence-corrected chi connectivity index (χ2v) is 9.14. The summed E-state index contributed by atoms with van der Waals surface area (Å²) in [5.74, 6) is -0.527. The van der Waals surface area contributed by atoms with E-state index in [-0.39, 0.29) is 29.5 Å². The molecule has 9 heteroatoms. The van der Waals surface area contributed by atoms with Gasteiger partial charge in [0.05, 0.1) is 18.1 Å². The Balaban J connectivity index is 1.45. The lowest BCUT2D eigenvalue weighted by atomic mass is 10.1. The molecule has 0 bridgehead atoms. The Bertz CT molecular complexity index is 1370. The third-order valence-corrected chi connectivity index (χ3v) is 6.41. The second kappa shape index (κ2) is 11.7. The fourth-order valence-electron chi connectivity index (χ4n) is 3.63. The molecule has 190 valence electrons. The van der Waals surface area contributed by atoms with Gasteiger partial charge in [-0.25, -0.2) is 4.39 Å². The van der Waals surface area contributed by atoms with Gasteiger partial charge in [-0.15, -0.1) is 0 Å². The monoisotopic (exact) mass is 520 g/mol. The van der Waals surface area contributed by atoms with Crippen LogP contribution in [0.15, 0.2) is 71.6 Å². The van der Waals surface area contributed by atoms with E-state index >= 15 is 0 Å². The Morgan fingerprint density at radius 3 is 2.54 bits per heavy atom. The quantitative estimate of drug-likeness (QED) is 0.360. The first kappa shape index (κ1) is 26.0. The maximum absolute atomic E-state index is 14.0. The third kappa shape index (κ3) is 6.37. The number of amides is 3. The van der Waals surface area contributed by atoms with E-state index in [4.69, 9.17) is 9.47 Å². The van der Waals surface area contributed by atoms with Gasteiger partial charge >= 0.3 is 0 Å². The lowest BCUT2D eigenvalue weighted by Gasteiger charge is -2.14. The summed E-state index contributed by atoms with van der Waals surface area (Å²) in [5.41, 5.74) is 2.52. The maximum Gasteiger partial charge on any atom is 0.293 e. The van der Waals surface area contributed by atoms with Crippen LogP contribution < -0.4 is 14.8 Å². The zero-order valence-corrected chi connectivity index (χ0v) is 21.1. The summed E-state index contributed by atoms with van der Waals surface area (Å²) in [6.45, 7) is 3.71. The molecule has 1 N–H and O–H groups in total. The standard InChI is InChI=1S/C28H25FN2O5S/c1-3-35-24-14-19(12-13-23(24)36-17-26(32)30-22-11-7-4-8-18(22)2)15-25-27(33)31(28(34)37-25)16-20-9-5-6-10-21(20)29/h4-15H,3,16-17H2,1-2H3,(H,30,32)/b25-15-. The Hall–Kier alpha value is -4.11. The molecule has 7 nitrogen and oxygen atoms in total. The van der Waals surface area contributed by atoms with Crippen LogP contribution in [-0.4, -0.2) is 35.2 Å². The van der Waals surface area contributed by atoms with E-state index in [1.165, 1.54) is 12.1 Å². The second-order valence-electron chi connectivity index (χ2n) is 8.15. The van der Waals surface area contributed by atoms with Gasteiger partial charge in [-0.3, -0.25) is 19.3 Å². The molecular weight excluding hydrogens is 495 g/mol. The van der Waals surface area contributed by atoms with Crippen molar-refractivity contribution in [3.05, 3.63) is 94.1 Å². The summed E-state index contributed by atoms with van der Waals surface area (Å²) in [6.07, 6.45) is 1.57. The van der Waals surface area contributed by atoms with Crippen molar-refractivity contribution in [1.82, 2.24) is 4.90 Å². The largest absolute Gasteiger partial charge is 0.490 e. The van der Waals surface area contributed by atoms with Crippen LogP contribution in [0.2, 0.25) is 0 Å². The smallest absolute Gasteiger partial charge is 0.293 e. The minimum atomic E-state index is -0.496. The molecule has 1 aliphatic heterocycles. The highest BCUT2D eigenvalue weighted by Crippen LogP contribution is 2.35. The number of hydrogen-bond acceptors (Lipinski definition) is 6. The highest BCUT2D eigenvalue weighted by molar-refractivity contribution is 8.18. The fourth-order valence-corrected chi connectivity index (χ4v) is 4.47. The van der Waals surface area contributed by atoms with Crippen molar-refractivity contribution in [3.8, 4) is 11.5 Å². The number of ether oxygens (including phenoxy) is 2. The molecule has 0 aliphatic carbocycles. The molecule has 3 amide bonds. The summed E-state index contributed by atoms with van der Waals surface area (Å²) in [4.78, 5) is 38.9. The molecule has 1 fully saturated rings. The molecule has 0 radical (unpaired) electrons. The number of rotatable bonds is 9. The van der Waals surface area contributed by atoms with Crippen molar-refractivity contribution in [3.63, 3.8) is 0 Å². The number of nitrogens with zero attached hydrogens (tertiary/aromatic N) is 1. The van der Waals surface area contributed by atoms with E-state index in [2.05, 4.69) is 5.32 Å². The number of carbonyl (C=O) groups is 3. The predicted octanol–water partition coefficient (Wildman–Crippen LogP) is 5.79. The Morgan fingerprint density at radius 1 is 1.03 bits per heavy atom. The molecule has 3 aromatic carbocycles. The van der Waals surface area contributed by atoms with Crippen LogP contribution in [0.1, 0.15) is 23.6 Å². The number of hydrogen-bond donors (Lipinski definition) is 1. The van der Waals surface area contributed by atoms with Crippen LogP contribution in [-0.2, 0) is 16.1 Å². The zero-order valence-electron chi connectivity index (χ0n) is 20.3. The molecule has 0 saturated carbocycles.